The van der Waals surface area contributed by atoms with Gasteiger partial charge >= 0.3 is 0 Å². The Morgan fingerprint density at radius 3 is 2.04 bits per heavy atom. The zero-order chi connectivity index (χ0) is 35.2. The molecule has 1 aliphatic rings. The third-order valence-corrected chi connectivity index (χ3v) is 16.2. The molecular weight excluding hydrogens is 585 g/mol. The fraction of sp³-hybridized carbons (Fsp3) is 0.756. The second kappa shape index (κ2) is 21.0. The van der Waals surface area contributed by atoms with Crippen molar-refractivity contribution in [2.24, 2.45) is 23.7 Å². The van der Waals surface area contributed by atoms with Crippen molar-refractivity contribution < 1.29 is 19.0 Å². The van der Waals surface area contributed by atoms with E-state index in [0.29, 0.717) is 28.5 Å². The highest BCUT2D eigenvalue weighted by Crippen LogP contribution is 2.45. The molecule has 0 fully saturated rings. The highest BCUT2D eigenvalue weighted by Gasteiger charge is 2.48. The van der Waals surface area contributed by atoms with Gasteiger partial charge in [-0.3, -0.25) is 0 Å². The fourth-order valence-corrected chi connectivity index (χ4v) is 13.1. The lowest BCUT2D eigenvalue weighted by Gasteiger charge is -2.48. The molecule has 0 saturated heterocycles. The molecule has 0 bridgehead atoms. The third-order valence-electron chi connectivity index (χ3n) is 10.1. The molecule has 46 heavy (non-hydrogen) atoms. The second-order valence-corrected chi connectivity index (χ2v) is 20.8. The van der Waals surface area contributed by atoms with Crippen LogP contribution in [0.4, 0.5) is 0 Å². The van der Waals surface area contributed by atoms with Gasteiger partial charge in [-0.15, -0.1) is 0 Å². The average Bonchev–Trinajstić information content (AvgIpc) is 2.97. The van der Waals surface area contributed by atoms with Crippen molar-refractivity contribution in [3.8, 4) is 0 Å². The van der Waals surface area contributed by atoms with Crippen LogP contribution < -0.4 is 0 Å². The highest BCUT2D eigenvalue weighted by molar-refractivity contribution is 6.77. The molecule has 1 heterocycles. The van der Waals surface area contributed by atoms with E-state index in [0.717, 1.165) is 25.7 Å². The maximum absolute atomic E-state index is 11.6. The predicted molar refractivity (Wildman–Crippen MR) is 203 cm³/mol. The van der Waals surface area contributed by atoms with Crippen molar-refractivity contribution in [2.75, 3.05) is 0 Å². The molecule has 1 N–H and O–H groups in total. The molecule has 0 aliphatic carbocycles. The van der Waals surface area contributed by atoms with Gasteiger partial charge in [-0.25, -0.2) is 0 Å². The first-order valence-electron chi connectivity index (χ1n) is 18.6. The van der Waals surface area contributed by atoms with Gasteiger partial charge in [0.15, 0.2) is 6.29 Å². The lowest BCUT2D eigenvalue weighted by atomic mass is 9.83. The van der Waals surface area contributed by atoms with E-state index in [2.05, 4.69) is 133 Å². The Balaban J connectivity index is 2.91. The Kier molecular flexibility index (Phi) is 19.5. The summed E-state index contributed by atoms with van der Waals surface area (Å²) in [6.07, 6.45) is 21.0. The number of hydrogen-bond donors (Lipinski definition) is 1. The molecule has 0 aromatic heterocycles. The Bertz CT molecular complexity index is 982. The van der Waals surface area contributed by atoms with Gasteiger partial charge in [0.1, 0.15) is 0 Å². The molecule has 0 saturated carbocycles. The van der Waals surface area contributed by atoms with Gasteiger partial charge in [-0.05, 0) is 74.6 Å². The van der Waals surface area contributed by atoms with Crippen LogP contribution in [0.25, 0.3) is 0 Å². The standard InChI is InChI=1S/C41H74O4Si/c1-16-34(13)41(45-46(29(5)6,30(7)8)31(9)10)36(15)40(42)35(14)26-32(11)20-18-21-33(12)27-37(17-2)24-25-38-22-19-23-39(44-38)43-28(3)4/h18-20,23-31,33-36,38-42H,16-17,21-22H2,1-15H3/b20-18+,25-24+,32-26+,37-27-/t33-,34+,35-,36-,38-,39-,40-,41+/m1/s1. The SMILES string of the molecule is CCC(=C/[C@H](C)C/C=C/C(C)=C/[C@@H](C)[C@@H](O)[C@@H](C)[C@@H](O[Si](C(C)C)(C(C)C)C(C)C)[C@@H](C)CC)/C=C/[C@H]1CC=C[C@H](OC(C)C)O1. The van der Waals surface area contributed by atoms with E-state index in [1.807, 2.05) is 19.9 Å². The lowest BCUT2D eigenvalue weighted by Crippen LogP contribution is -2.54. The summed E-state index contributed by atoms with van der Waals surface area (Å²) in [6.45, 7) is 33.7. The normalized spacial score (nSPS) is 22.9. The number of allylic oxidation sites excluding steroid dienone is 6. The summed E-state index contributed by atoms with van der Waals surface area (Å²) in [5, 5.41) is 11.6. The van der Waals surface area contributed by atoms with Crippen LogP contribution >= 0.6 is 0 Å². The maximum Gasteiger partial charge on any atom is 0.200 e. The van der Waals surface area contributed by atoms with Crippen LogP contribution in [-0.2, 0) is 13.9 Å². The molecule has 266 valence electrons. The smallest absolute Gasteiger partial charge is 0.200 e. The number of aliphatic hydroxyl groups is 1. The van der Waals surface area contributed by atoms with E-state index < -0.39 is 14.4 Å². The van der Waals surface area contributed by atoms with Gasteiger partial charge in [0.25, 0.3) is 0 Å². The molecule has 0 unspecified atom stereocenters. The minimum atomic E-state index is -2.07. The number of rotatable bonds is 20. The van der Waals surface area contributed by atoms with Crippen LogP contribution in [0, 0.1) is 23.7 Å². The first-order chi connectivity index (χ1) is 21.5. The minimum absolute atomic E-state index is 0.0413. The summed E-state index contributed by atoms with van der Waals surface area (Å²) in [7, 11) is -2.07. The molecule has 0 aromatic carbocycles. The molecule has 0 radical (unpaired) electrons. The summed E-state index contributed by atoms with van der Waals surface area (Å²) in [5.41, 5.74) is 4.10. The first-order valence-corrected chi connectivity index (χ1v) is 20.7. The summed E-state index contributed by atoms with van der Waals surface area (Å²) < 4.78 is 19.2. The summed E-state index contributed by atoms with van der Waals surface area (Å²) in [4.78, 5) is 0. The average molecular weight is 659 g/mol. The van der Waals surface area contributed by atoms with Crippen molar-refractivity contribution in [1.29, 1.82) is 0 Å². The van der Waals surface area contributed by atoms with Gasteiger partial charge in [0, 0.05) is 11.8 Å². The van der Waals surface area contributed by atoms with Gasteiger partial charge in [0.2, 0.25) is 8.32 Å². The van der Waals surface area contributed by atoms with Crippen molar-refractivity contribution in [1.82, 2.24) is 0 Å². The molecule has 8 atom stereocenters. The Labute approximate surface area is 287 Å². The van der Waals surface area contributed by atoms with E-state index in [-0.39, 0.29) is 36.4 Å². The van der Waals surface area contributed by atoms with E-state index in [1.54, 1.807) is 0 Å². The van der Waals surface area contributed by atoms with Crippen molar-refractivity contribution in [2.45, 2.75) is 177 Å². The number of hydrogen-bond acceptors (Lipinski definition) is 4. The Morgan fingerprint density at radius 2 is 1.52 bits per heavy atom. The third kappa shape index (κ3) is 13.3. The molecule has 0 spiro atoms. The zero-order valence-electron chi connectivity index (χ0n) is 32.5. The van der Waals surface area contributed by atoms with E-state index in [9.17, 15) is 5.11 Å². The van der Waals surface area contributed by atoms with Crippen molar-refractivity contribution >= 4 is 8.32 Å². The van der Waals surface area contributed by atoms with Crippen LogP contribution in [0.3, 0.4) is 0 Å². The van der Waals surface area contributed by atoms with Crippen molar-refractivity contribution in [3.63, 3.8) is 0 Å². The lowest BCUT2D eigenvalue weighted by molar-refractivity contribution is -0.154. The molecule has 0 aromatic rings. The maximum atomic E-state index is 11.6. The van der Waals surface area contributed by atoms with Gasteiger partial charge in [0.05, 0.1) is 24.4 Å². The molecule has 4 nitrogen and oxygen atoms in total. The topological polar surface area (TPSA) is 47.9 Å². The highest BCUT2D eigenvalue weighted by atomic mass is 28.4. The monoisotopic (exact) mass is 659 g/mol. The Hall–Kier alpha value is -1.24. The molecule has 1 aliphatic heterocycles. The largest absolute Gasteiger partial charge is 0.413 e. The van der Waals surface area contributed by atoms with Crippen LogP contribution in [0.2, 0.25) is 16.6 Å². The van der Waals surface area contributed by atoms with Crippen LogP contribution in [-0.4, -0.2) is 44.1 Å². The molecule has 5 heteroatoms. The van der Waals surface area contributed by atoms with Gasteiger partial charge in [-0.2, -0.15) is 0 Å². The number of aliphatic hydroxyl groups excluding tert-OH is 1. The summed E-state index contributed by atoms with van der Waals surface area (Å²) in [6, 6.07) is 0. The van der Waals surface area contributed by atoms with E-state index in [4.69, 9.17) is 13.9 Å². The first kappa shape index (κ1) is 42.8. The van der Waals surface area contributed by atoms with Crippen LogP contribution in [0.5, 0.6) is 0 Å². The second-order valence-electron chi connectivity index (χ2n) is 15.4. The van der Waals surface area contributed by atoms with Gasteiger partial charge in [-0.1, -0.05) is 143 Å². The van der Waals surface area contributed by atoms with Crippen molar-refractivity contribution in [3.05, 3.63) is 59.8 Å². The molecular formula is C41H74O4Si. The Morgan fingerprint density at radius 1 is 0.913 bits per heavy atom. The molecule has 0 amide bonds. The quantitative estimate of drug-likeness (QED) is 0.0803. The van der Waals surface area contributed by atoms with E-state index >= 15 is 0 Å². The summed E-state index contributed by atoms with van der Waals surface area (Å²) in [5.74, 6) is 0.914. The minimum Gasteiger partial charge on any atom is -0.413 e. The molecule has 1 rings (SSSR count). The van der Waals surface area contributed by atoms with Gasteiger partial charge < -0.3 is 19.0 Å². The number of ether oxygens (including phenoxy) is 2. The zero-order valence-corrected chi connectivity index (χ0v) is 33.5. The van der Waals surface area contributed by atoms with Crippen LogP contribution in [0.15, 0.2) is 59.8 Å². The van der Waals surface area contributed by atoms with Crippen LogP contribution in [0.1, 0.15) is 130 Å². The summed E-state index contributed by atoms with van der Waals surface area (Å²) >= 11 is 0. The van der Waals surface area contributed by atoms with E-state index in [1.165, 1.54) is 11.1 Å². The fourth-order valence-electron chi connectivity index (χ4n) is 7.35. The predicted octanol–water partition coefficient (Wildman–Crippen LogP) is 11.7.